The van der Waals surface area contributed by atoms with Gasteiger partial charge in [0.15, 0.2) is 0 Å². The quantitative estimate of drug-likeness (QED) is 0.799. The molecule has 0 aliphatic carbocycles. The van der Waals surface area contributed by atoms with Crippen molar-refractivity contribution in [2.24, 2.45) is 0 Å². The van der Waals surface area contributed by atoms with Crippen LogP contribution in [0.15, 0.2) is 4.94 Å². The summed E-state index contributed by atoms with van der Waals surface area (Å²) in [6, 6.07) is 0. The Hall–Kier alpha value is -0.801. The number of nitrogens with zero attached hydrogens (tertiary/aromatic N) is 2. The van der Waals surface area contributed by atoms with Gasteiger partial charge in [0, 0.05) is 0 Å². The van der Waals surface area contributed by atoms with Gasteiger partial charge in [-0.15, -0.1) is 0 Å². The van der Waals surface area contributed by atoms with Gasteiger partial charge in [-0.25, -0.2) is 0 Å². The number of aromatic carboxylic acids is 1. The summed E-state index contributed by atoms with van der Waals surface area (Å²) >= 11 is 0.130. The van der Waals surface area contributed by atoms with Crippen LogP contribution >= 0.6 is 0 Å². The molecule has 1 aliphatic rings. The minimum atomic E-state index is -0.904. The van der Waals surface area contributed by atoms with Crippen LogP contribution in [0.1, 0.15) is 29.8 Å². The molecule has 1 fully saturated rings. The zero-order valence-corrected chi connectivity index (χ0v) is 9.48. The third-order valence-electron chi connectivity index (χ3n) is 2.34. The third kappa shape index (κ3) is 1.99. The first kappa shape index (κ1) is 9.74. The van der Waals surface area contributed by atoms with Crippen molar-refractivity contribution in [2.75, 3.05) is 18.0 Å². The van der Waals surface area contributed by atoms with Crippen LogP contribution in [-0.4, -0.2) is 43.7 Å². The number of hydrogen-bond acceptors (Lipinski definition) is 3. The Morgan fingerprint density at radius 3 is 2.71 bits per heavy atom. The van der Waals surface area contributed by atoms with Crippen LogP contribution in [0.3, 0.4) is 0 Å². The minimum absolute atomic E-state index is 0.130. The normalized spacial score (nSPS) is 17.0. The number of piperidine rings is 1. The van der Waals surface area contributed by atoms with E-state index < -0.39 is 5.97 Å². The van der Waals surface area contributed by atoms with Crippen molar-refractivity contribution in [2.45, 2.75) is 19.3 Å². The van der Waals surface area contributed by atoms with Crippen molar-refractivity contribution in [3.05, 3.63) is 10.6 Å². The van der Waals surface area contributed by atoms with E-state index >= 15 is 0 Å². The van der Waals surface area contributed by atoms with Crippen LogP contribution < -0.4 is 4.90 Å². The molecule has 4 nitrogen and oxygen atoms in total. The number of carboxylic acid groups (broad SMARTS) is 1. The molecule has 1 N–H and O–H groups in total. The summed E-state index contributed by atoms with van der Waals surface area (Å²) in [4.78, 5) is 18.8. The molecule has 0 aromatic carbocycles. The summed E-state index contributed by atoms with van der Waals surface area (Å²) < 4.78 is 0.995. The van der Waals surface area contributed by atoms with E-state index in [-0.39, 0.29) is 20.2 Å². The Morgan fingerprint density at radius 2 is 2.14 bits per heavy atom. The van der Waals surface area contributed by atoms with E-state index in [1.54, 1.807) is 4.94 Å². The summed E-state index contributed by atoms with van der Waals surface area (Å²) in [5, 5.41) is 8.75. The summed E-state index contributed by atoms with van der Waals surface area (Å²) in [5.74, 6) is -0.904. The second kappa shape index (κ2) is 4.15. The van der Waals surface area contributed by atoms with E-state index in [2.05, 4.69) is 9.88 Å². The summed E-state index contributed by atoms with van der Waals surface area (Å²) in [5.41, 5.74) is 0.227. The van der Waals surface area contributed by atoms with E-state index in [4.69, 9.17) is 5.11 Å². The second-order valence-electron chi connectivity index (χ2n) is 3.37. The monoisotopic (exact) mass is 260 g/mol. The van der Waals surface area contributed by atoms with Crippen LogP contribution in [0.4, 0.5) is 4.69 Å². The molecule has 1 aliphatic heterocycles. The number of carboxylic acids is 1. The van der Waals surface area contributed by atoms with Gasteiger partial charge in [-0.3, -0.25) is 0 Å². The standard InChI is InChI=1S/C9H12N2O2Se/c12-8(13)7-6-14-9(10-7)11-4-2-1-3-5-11/h6H,1-5H2,(H,12,13). The van der Waals surface area contributed by atoms with E-state index in [9.17, 15) is 4.79 Å². The van der Waals surface area contributed by atoms with E-state index in [1.807, 2.05) is 0 Å². The molecular formula is C9H12N2O2Se. The fraction of sp³-hybridized carbons (Fsp3) is 0.556. The Bertz CT molecular complexity index is 331. The van der Waals surface area contributed by atoms with Gasteiger partial charge in [-0.1, -0.05) is 0 Å². The van der Waals surface area contributed by atoms with Crippen LogP contribution in [0, 0.1) is 0 Å². The van der Waals surface area contributed by atoms with Gasteiger partial charge < -0.3 is 0 Å². The molecule has 1 saturated heterocycles. The number of hydrogen-bond donors (Lipinski definition) is 1. The first-order valence-electron chi connectivity index (χ1n) is 4.71. The van der Waals surface area contributed by atoms with Crippen molar-refractivity contribution in [1.29, 1.82) is 0 Å². The SMILES string of the molecule is O=C(O)c1c[se]c(N2CCCCC2)n1. The topological polar surface area (TPSA) is 53.4 Å². The fourth-order valence-corrected chi connectivity index (χ4v) is 3.38. The van der Waals surface area contributed by atoms with Crippen LogP contribution in [0.2, 0.25) is 0 Å². The van der Waals surface area contributed by atoms with Gasteiger partial charge in [0.2, 0.25) is 0 Å². The molecule has 0 atom stereocenters. The van der Waals surface area contributed by atoms with Gasteiger partial charge in [-0.05, 0) is 0 Å². The van der Waals surface area contributed by atoms with E-state index in [0.717, 1.165) is 17.8 Å². The fourth-order valence-electron chi connectivity index (χ4n) is 1.59. The van der Waals surface area contributed by atoms with Crippen LogP contribution in [-0.2, 0) is 0 Å². The number of anilines is 1. The number of carbonyl (C=O) groups is 1. The average molecular weight is 259 g/mol. The molecule has 0 radical (unpaired) electrons. The number of rotatable bonds is 2. The second-order valence-corrected chi connectivity index (χ2v) is 5.12. The van der Waals surface area contributed by atoms with Crippen molar-refractivity contribution >= 4 is 25.2 Å². The molecule has 2 rings (SSSR count). The first-order chi connectivity index (χ1) is 6.77. The van der Waals surface area contributed by atoms with E-state index in [1.165, 1.54) is 19.3 Å². The van der Waals surface area contributed by atoms with Gasteiger partial charge in [0.25, 0.3) is 0 Å². The van der Waals surface area contributed by atoms with Gasteiger partial charge in [0.1, 0.15) is 0 Å². The molecule has 2 heterocycles. The third-order valence-corrected chi connectivity index (χ3v) is 4.23. The zero-order valence-electron chi connectivity index (χ0n) is 7.77. The molecule has 1 aromatic rings. The molecule has 0 unspecified atom stereocenters. The summed E-state index contributed by atoms with van der Waals surface area (Å²) in [7, 11) is 0. The summed E-state index contributed by atoms with van der Waals surface area (Å²) in [6.45, 7) is 2.09. The molecular weight excluding hydrogens is 247 g/mol. The summed E-state index contributed by atoms with van der Waals surface area (Å²) in [6.07, 6.45) is 3.70. The Kier molecular flexibility index (Phi) is 2.89. The van der Waals surface area contributed by atoms with Gasteiger partial charge in [0.05, 0.1) is 0 Å². The molecule has 0 spiro atoms. The molecule has 1 aromatic heterocycles. The van der Waals surface area contributed by atoms with Crippen molar-refractivity contribution < 1.29 is 9.90 Å². The Balaban J connectivity index is 2.11. The first-order valence-corrected chi connectivity index (χ1v) is 6.56. The average Bonchev–Trinajstić information content (AvgIpc) is 2.68. The predicted octanol–water partition coefficient (Wildman–Crippen LogP) is 0.827. The maximum absolute atomic E-state index is 10.6. The van der Waals surface area contributed by atoms with Crippen molar-refractivity contribution in [3.8, 4) is 0 Å². The Labute approximate surface area is 88.3 Å². The van der Waals surface area contributed by atoms with Gasteiger partial charge in [-0.2, -0.15) is 0 Å². The predicted molar refractivity (Wildman–Crippen MR) is 54.2 cm³/mol. The molecule has 0 amide bonds. The molecule has 0 bridgehead atoms. The van der Waals surface area contributed by atoms with Gasteiger partial charge >= 0.3 is 87.9 Å². The maximum atomic E-state index is 10.6. The van der Waals surface area contributed by atoms with Crippen LogP contribution in [0.5, 0.6) is 0 Å². The number of aromatic nitrogens is 1. The molecule has 5 heteroatoms. The van der Waals surface area contributed by atoms with Crippen molar-refractivity contribution in [1.82, 2.24) is 4.98 Å². The Morgan fingerprint density at radius 1 is 1.43 bits per heavy atom. The molecule has 0 saturated carbocycles. The molecule has 76 valence electrons. The van der Waals surface area contributed by atoms with Crippen molar-refractivity contribution in [3.63, 3.8) is 0 Å². The van der Waals surface area contributed by atoms with E-state index in [0.29, 0.717) is 0 Å². The van der Waals surface area contributed by atoms with Crippen LogP contribution in [0.25, 0.3) is 0 Å². The molecule has 14 heavy (non-hydrogen) atoms. The zero-order chi connectivity index (χ0) is 9.97.